The van der Waals surface area contributed by atoms with E-state index in [1.165, 1.54) is 0 Å². The Hall–Kier alpha value is -2.78. The van der Waals surface area contributed by atoms with Gasteiger partial charge in [-0.05, 0) is 51.4 Å². The SMILES string of the molecule is O=C(/C=C/C(=O)ONC(=O)OC1CCCCC1)ONC(=O)OC1CCCCC1. The Morgan fingerprint density at radius 2 is 0.964 bits per heavy atom. The minimum absolute atomic E-state index is 0.183. The lowest BCUT2D eigenvalue weighted by Gasteiger charge is -2.21. The quantitative estimate of drug-likeness (QED) is 0.420. The molecule has 0 heterocycles. The van der Waals surface area contributed by atoms with Gasteiger partial charge in [0, 0.05) is 12.2 Å². The Morgan fingerprint density at radius 1 is 0.607 bits per heavy atom. The molecular formula is C18H26N2O8. The molecule has 0 atom stereocenters. The summed E-state index contributed by atoms with van der Waals surface area (Å²) in [5, 5.41) is 0. The highest BCUT2D eigenvalue weighted by Gasteiger charge is 2.19. The first-order chi connectivity index (χ1) is 13.5. The van der Waals surface area contributed by atoms with Crippen LogP contribution in [0.4, 0.5) is 9.59 Å². The minimum atomic E-state index is -1.01. The predicted molar refractivity (Wildman–Crippen MR) is 94.3 cm³/mol. The number of hydroxylamine groups is 2. The van der Waals surface area contributed by atoms with Gasteiger partial charge >= 0.3 is 24.1 Å². The van der Waals surface area contributed by atoms with Gasteiger partial charge in [-0.2, -0.15) is 0 Å². The van der Waals surface area contributed by atoms with Gasteiger partial charge in [0.15, 0.2) is 0 Å². The summed E-state index contributed by atoms with van der Waals surface area (Å²) < 4.78 is 10.2. The van der Waals surface area contributed by atoms with E-state index in [2.05, 4.69) is 9.68 Å². The smallest absolute Gasteiger partial charge is 0.440 e. The number of carbonyl (C=O) groups is 4. The first-order valence-corrected chi connectivity index (χ1v) is 9.56. The van der Waals surface area contributed by atoms with Crippen LogP contribution in [-0.2, 0) is 28.7 Å². The number of carbonyl (C=O) groups excluding carboxylic acids is 4. The molecule has 2 fully saturated rings. The molecule has 0 saturated heterocycles. The van der Waals surface area contributed by atoms with Gasteiger partial charge in [-0.3, -0.25) is 0 Å². The zero-order chi connectivity index (χ0) is 20.2. The minimum Gasteiger partial charge on any atom is -0.444 e. The number of nitrogens with one attached hydrogen (secondary N) is 2. The number of rotatable bonds is 4. The highest BCUT2D eigenvalue weighted by Crippen LogP contribution is 2.20. The Labute approximate surface area is 162 Å². The van der Waals surface area contributed by atoms with E-state index in [4.69, 9.17) is 9.47 Å². The third-order valence-electron chi connectivity index (χ3n) is 4.48. The van der Waals surface area contributed by atoms with Gasteiger partial charge in [0.05, 0.1) is 0 Å². The summed E-state index contributed by atoms with van der Waals surface area (Å²) >= 11 is 0. The largest absolute Gasteiger partial charge is 0.444 e. The van der Waals surface area contributed by atoms with Crippen LogP contribution in [0.2, 0.25) is 0 Å². The van der Waals surface area contributed by atoms with Crippen molar-refractivity contribution in [1.29, 1.82) is 0 Å². The number of amides is 2. The van der Waals surface area contributed by atoms with Gasteiger partial charge in [-0.25, -0.2) is 19.2 Å². The summed E-state index contributed by atoms with van der Waals surface area (Å²) in [4.78, 5) is 54.8. The van der Waals surface area contributed by atoms with Gasteiger partial charge in [-0.15, -0.1) is 11.0 Å². The Kier molecular flexibility index (Phi) is 9.09. The standard InChI is InChI=1S/C18H26N2O8/c21-15(27-19-17(23)25-13-7-3-1-4-8-13)11-12-16(22)28-20-18(24)26-14-9-5-2-6-10-14/h11-14H,1-10H2,(H,19,23)(H,20,24)/b12-11+. The fourth-order valence-corrected chi connectivity index (χ4v) is 3.10. The molecule has 0 aliphatic heterocycles. The van der Waals surface area contributed by atoms with Crippen molar-refractivity contribution < 1.29 is 38.3 Å². The number of hydrogen-bond acceptors (Lipinski definition) is 8. The molecule has 2 N–H and O–H groups in total. The summed E-state index contributed by atoms with van der Waals surface area (Å²) in [6, 6.07) is 0. The average Bonchev–Trinajstić information content (AvgIpc) is 2.70. The van der Waals surface area contributed by atoms with E-state index in [1.807, 2.05) is 11.0 Å². The van der Waals surface area contributed by atoms with Crippen molar-refractivity contribution in [2.24, 2.45) is 0 Å². The van der Waals surface area contributed by atoms with Crippen LogP contribution < -0.4 is 11.0 Å². The fraction of sp³-hybridized carbons (Fsp3) is 0.667. The van der Waals surface area contributed by atoms with E-state index in [0.29, 0.717) is 0 Å². The number of hydrogen-bond donors (Lipinski definition) is 2. The maximum atomic E-state index is 11.5. The molecule has 0 unspecified atom stereocenters. The van der Waals surface area contributed by atoms with E-state index in [0.717, 1.165) is 76.4 Å². The van der Waals surface area contributed by atoms with Crippen LogP contribution in [0.3, 0.4) is 0 Å². The Morgan fingerprint density at radius 3 is 1.32 bits per heavy atom. The van der Waals surface area contributed by atoms with E-state index in [9.17, 15) is 19.2 Å². The van der Waals surface area contributed by atoms with Gasteiger partial charge in [-0.1, -0.05) is 12.8 Å². The van der Waals surface area contributed by atoms with Gasteiger partial charge in [0.1, 0.15) is 12.2 Å². The Balaban J connectivity index is 1.56. The first kappa shape index (κ1) is 21.5. The lowest BCUT2D eigenvalue weighted by Crippen LogP contribution is -2.32. The maximum Gasteiger partial charge on any atom is 0.440 e. The van der Waals surface area contributed by atoms with Crippen molar-refractivity contribution in [3.8, 4) is 0 Å². The molecule has 156 valence electrons. The molecule has 10 heteroatoms. The molecule has 28 heavy (non-hydrogen) atoms. The van der Waals surface area contributed by atoms with E-state index in [-0.39, 0.29) is 12.2 Å². The molecule has 0 aromatic carbocycles. The normalized spacial score (nSPS) is 18.1. The van der Waals surface area contributed by atoms with Crippen LogP contribution in [0, 0.1) is 0 Å². The highest BCUT2D eigenvalue weighted by atomic mass is 16.7. The Bertz CT molecular complexity index is 530. The second kappa shape index (κ2) is 11.8. The molecule has 0 aromatic heterocycles. The predicted octanol–water partition coefficient (Wildman–Crippen LogP) is 2.58. The maximum absolute atomic E-state index is 11.5. The molecule has 0 bridgehead atoms. The van der Waals surface area contributed by atoms with Crippen LogP contribution >= 0.6 is 0 Å². The summed E-state index contributed by atoms with van der Waals surface area (Å²) in [6.07, 6.45) is 8.68. The topological polar surface area (TPSA) is 129 Å². The van der Waals surface area contributed by atoms with E-state index >= 15 is 0 Å². The molecule has 2 aliphatic rings. The van der Waals surface area contributed by atoms with E-state index in [1.54, 1.807) is 0 Å². The molecule has 0 spiro atoms. The van der Waals surface area contributed by atoms with Crippen molar-refractivity contribution in [3.05, 3.63) is 12.2 Å². The van der Waals surface area contributed by atoms with Crippen molar-refractivity contribution in [2.75, 3.05) is 0 Å². The van der Waals surface area contributed by atoms with Crippen molar-refractivity contribution in [3.63, 3.8) is 0 Å². The summed E-state index contributed by atoms with van der Waals surface area (Å²) in [6.45, 7) is 0. The molecule has 2 saturated carbocycles. The van der Waals surface area contributed by atoms with Crippen molar-refractivity contribution >= 4 is 24.1 Å². The van der Waals surface area contributed by atoms with Crippen LogP contribution in [0.15, 0.2) is 12.2 Å². The third-order valence-corrected chi connectivity index (χ3v) is 4.48. The monoisotopic (exact) mass is 398 g/mol. The van der Waals surface area contributed by atoms with Gasteiger partial charge in [0.25, 0.3) is 0 Å². The summed E-state index contributed by atoms with van der Waals surface area (Å²) in [5.41, 5.74) is 3.69. The lowest BCUT2D eigenvalue weighted by atomic mass is 9.98. The molecule has 0 radical (unpaired) electrons. The zero-order valence-corrected chi connectivity index (χ0v) is 15.6. The molecule has 2 aliphatic carbocycles. The molecular weight excluding hydrogens is 372 g/mol. The van der Waals surface area contributed by atoms with Crippen molar-refractivity contribution in [2.45, 2.75) is 76.4 Å². The second-order valence-electron chi connectivity index (χ2n) is 6.71. The summed E-state index contributed by atoms with van der Waals surface area (Å²) in [5.74, 6) is -2.02. The second-order valence-corrected chi connectivity index (χ2v) is 6.71. The highest BCUT2D eigenvalue weighted by molar-refractivity contribution is 5.92. The van der Waals surface area contributed by atoms with Crippen LogP contribution in [-0.4, -0.2) is 36.3 Å². The van der Waals surface area contributed by atoms with Crippen LogP contribution in [0.5, 0.6) is 0 Å². The van der Waals surface area contributed by atoms with Crippen LogP contribution in [0.25, 0.3) is 0 Å². The lowest BCUT2D eigenvalue weighted by molar-refractivity contribution is -0.146. The van der Waals surface area contributed by atoms with E-state index < -0.39 is 24.1 Å². The van der Waals surface area contributed by atoms with Gasteiger partial charge < -0.3 is 19.1 Å². The van der Waals surface area contributed by atoms with Crippen molar-refractivity contribution in [1.82, 2.24) is 11.0 Å². The third kappa shape index (κ3) is 8.74. The fourth-order valence-electron chi connectivity index (χ4n) is 3.10. The molecule has 10 nitrogen and oxygen atoms in total. The molecule has 0 aromatic rings. The molecule has 2 rings (SSSR count). The molecule has 2 amide bonds. The van der Waals surface area contributed by atoms with Crippen LogP contribution in [0.1, 0.15) is 64.2 Å². The number of ether oxygens (including phenoxy) is 2. The van der Waals surface area contributed by atoms with Gasteiger partial charge in [0.2, 0.25) is 0 Å². The zero-order valence-electron chi connectivity index (χ0n) is 15.6. The summed E-state index contributed by atoms with van der Waals surface area (Å²) in [7, 11) is 0. The average molecular weight is 398 g/mol. The first-order valence-electron chi connectivity index (χ1n) is 9.56.